The Bertz CT molecular complexity index is 605. The summed E-state index contributed by atoms with van der Waals surface area (Å²) < 4.78 is 0. The highest BCUT2D eigenvalue weighted by molar-refractivity contribution is 5.92. The average molecular weight is 328 g/mol. The predicted molar refractivity (Wildman–Crippen MR) is 96.2 cm³/mol. The van der Waals surface area contributed by atoms with Gasteiger partial charge >= 0.3 is 0 Å². The van der Waals surface area contributed by atoms with E-state index in [1.54, 1.807) is 6.07 Å². The van der Waals surface area contributed by atoms with Gasteiger partial charge in [0.25, 0.3) is 5.91 Å². The van der Waals surface area contributed by atoms with E-state index in [1.165, 1.54) is 37.7 Å². The lowest BCUT2D eigenvalue weighted by Gasteiger charge is -2.26. The van der Waals surface area contributed by atoms with Gasteiger partial charge in [0.1, 0.15) is 5.69 Å². The van der Waals surface area contributed by atoms with Crippen molar-refractivity contribution in [2.75, 3.05) is 25.0 Å². The Hall–Kier alpha value is -1.91. The standard InChI is InChI=1S/C19H28N4O/c1-15-14-17(18(24)23-12-6-3-7-13-23)22-19(21-15)20-11-10-16-8-4-2-5-9-16/h8,14H,2-7,9-13H2,1H3,(H,20,21,22). The van der Waals surface area contributed by atoms with Gasteiger partial charge in [0, 0.05) is 25.3 Å². The number of likely N-dealkylation sites (tertiary alicyclic amines) is 1. The summed E-state index contributed by atoms with van der Waals surface area (Å²) in [7, 11) is 0. The van der Waals surface area contributed by atoms with Gasteiger partial charge < -0.3 is 10.2 Å². The van der Waals surface area contributed by atoms with Crippen LogP contribution in [0.25, 0.3) is 0 Å². The molecule has 1 saturated heterocycles. The largest absolute Gasteiger partial charge is 0.354 e. The van der Waals surface area contributed by atoms with E-state index in [0.29, 0.717) is 11.6 Å². The molecule has 0 aromatic carbocycles. The molecule has 5 nitrogen and oxygen atoms in total. The quantitative estimate of drug-likeness (QED) is 0.837. The molecule has 1 aromatic heterocycles. The second kappa shape index (κ2) is 8.27. The van der Waals surface area contributed by atoms with Gasteiger partial charge in [0.2, 0.25) is 5.95 Å². The van der Waals surface area contributed by atoms with E-state index in [2.05, 4.69) is 21.4 Å². The van der Waals surface area contributed by atoms with Crippen molar-refractivity contribution in [3.63, 3.8) is 0 Å². The van der Waals surface area contributed by atoms with Crippen LogP contribution in [-0.2, 0) is 0 Å². The van der Waals surface area contributed by atoms with Gasteiger partial charge in [-0.05, 0) is 64.4 Å². The fourth-order valence-corrected chi connectivity index (χ4v) is 3.48. The van der Waals surface area contributed by atoms with Crippen LogP contribution in [0.15, 0.2) is 17.7 Å². The molecule has 1 N–H and O–H groups in total. The Labute approximate surface area is 144 Å². The minimum absolute atomic E-state index is 0.0400. The highest BCUT2D eigenvalue weighted by Crippen LogP contribution is 2.20. The smallest absolute Gasteiger partial charge is 0.272 e. The van der Waals surface area contributed by atoms with Gasteiger partial charge in [-0.15, -0.1) is 0 Å². The zero-order chi connectivity index (χ0) is 16.8. The highest BCUT2D eigenvalue weighted by atomic mass is 16.2. The third kappa shape index (κ3) is 4.56. The topological polar surface area (TPSA) is 58.1 Å². The monoisotopic (exact) mass is 328 g/mol. The molecule has 0 radical (unpaired) electrons. The first-order valence-corrected chi connectivity index (χ1v) is 9.29. The van der Waals surface area contributed by atoms with Crippen LogP contribution in [0, 0.1) is 6.92 Å². The maximum atomic E-state index is 12.6. The molecule has 0 spiro atoms. The van der Waals surface area contributed by atoms with Gasteiger partial charge in [0.15, 0.2) is 0 Å². The second-order valence-electron chi connectivity index (χ2n) is 6.86. The lowest BCUT2D eigenvalue weighted by atomic mass is 9.97. The van der Waals surface area contributed by atoms with Gasteiger partial charge in [-0.2, -0.15) is 0 Å². The first-order valence-electron chi connectivity index (χ1n) is 9.29. The van der Waals surface area contributed by atoms with Crippen LogP contribution < -0.4 is 5.32 Å². The summed E-state index contributed by atoms with van der Waals surface area (Å²) in [4.78, 5) is 23.4. The van der Waals surface area contributed by atoms with E-state index in [4.69, 9.17) is 0 Å². The van der Waals surface area contributed by atoms with Crippen LogP contribution >= 0.6 is 0 Å². The lowest BCUT2D eigenvalue weighted by molar-refractivity contribution is 0.0718. The Kier molecular flexibility index (Phi) is 5.83. The SMILES string of the molecule is Cc1cc(C(=O)N2CCCCC2)nc(NCCC2=CCCCC2)n1. The van der Waals surface area contributed by atoms with Gasteiger partial charge in [0.05, 0.1) is 0 Å². The van der Waals surface area contributed by atoms with Crippen LogP contribution in [0.3, 0.4) is 0 Å². The average Bonchev–Trinajstić information content (AvgIpc) is 2.62. The first-order chi connectivity index (χ1) is 11.7. The maximum Gasteiger partial charge on any atom is 0.272 e. The van der Waals surface area contributed by atoms with Gasteiger partial charge in [-0.3, -0.25) is 4.79 Å². The summed E-state index contributed by atoms with van der Waals surface area (Å²) in [6, 6.07) is 1.80. The number of carbonyl (C=O) groups excluding carboxylic acids is 1. The predicted octanol–water partition coefficient (Wildman–Crippen LogP) is 3.71. The molecule has 1 aromatic rings. The number of aryl methyl sites for hydroxylation is 1. The summed E-state index contributed by atoms with van der Waals surface area (Å²) in [5.74, 6) is 0.616. The Morgan fingerprint density at radius 3 is 2.75 bits per heavy atom. The van der Waals surface area contributed by atoms with Gasteiger partial charge in [-0.1, -0.05) is 11.6 Å². The number of hydrogen-bond acceptors (Lipinski definition) is 4. The summed E-state index contributed by atoms with van der Waals surface area (Å²) in [6.07, 6.45) is 11.9. The molecule has 24 heavy (non-hydrogen) atoms. The zero-order valence-corrected chi connectivity index (χ0v) is 14.7. The number of hydrogen-bond donors (Lipinski definition) is 1. The number of nitrogens with zero attached hydrogens (tertiary/aromatic N) is 3. The fourth-order valence-electron chi connectivity index (χ4n) is 3.48. The molecule has 1 fully saturated rings. The first kappa shape index (κ1) is 16.9. The van der Waals surface area contributed by atoms with Gasteiger partial charge in [-0.25, -0.2) is 9.97 Å². The number of nitrogens with one attached hydrogen (secondary N) is 1. The van der Waals surface area contributed by atoms with Crippen molar-refractivity contribution < 1.29 is 4.79 Å². The summed E-state index contributed by atoms with van der Waals surface area (Å²) in [6.45, 7) is 4.44. The lowest BCUT2D eigenvalue weighted by Crippen LogP contribution is -2.36. The fraction of sp³-hybridized carbons (Fsp3) is 0.632. The molecule has 2 heterocycles. The van der Waals surface area contributed by atoms with Crippen molar-refractivity contribution in [1.29, 1.82) is 0 Å². The van der Waals surface area contributed by atoms with E-state index in [-0.39, 0.29) is 5.91 Å². The molecule has 0 bridgehead atoms. The molecule has 5 heteroatoms. The molecule has 1 aliphatic heterocycles. The normalized spacial score (nSPS) is 18.2. The molecule has 130 valence electrons. The van der Waals surface area contributed by atoms with E-state index in [0.717, 1.165) is 44.6 Å². The van der Waals surface area contributed by atoms with Crippen molar-refractivity contribution in [2.24, 2.45) is 0 Å². The minimum atomic E-state index is 0.0400. The molecule has 1 aliphatic carbocycles. The molecule has 1 amide bonds. The van der Waals surface area contributed by atoms with E-state index < -0.39 is 0 Å². The summed E-state index contributed by atoms with van der Waals surface area (Å²) in [5, 5.41) is 3.30. The van der Waals surface area contributed by atoms with Crippen molar-refractivity contribution in [3.8, 4) is 0 Å². The maximum absolute atomic E-state index is 12.6. The number of aromatic nitrogens is 2. The molecule has 0 atom stereocenters. The molecule has 2 aliphatic rings. The third-order valence-corrected chi connectivity index (χ3v) is 4.83. The minimum Gasteiger partial charge on any atom is -0.354 e. The number of amides is 1. The zero-order valence-electron chi connectivity index (χ0n) is 14.7. The van der Waals surface area contributed by atoms with E-state index in [9.17, 15) is 4.79 Å². The molecular formula is C19H28N4O. The van der Waals surface area contributed by atoms with E-state index >= 15 is 0 Å². The number of carbonyl (C=O) groups is 1. The Morgan fingerprint density at radius 2 is 2.00 bits per heavy atom. The van der Waals surface area contributed by atoms with Crippen LogP contribution in [0.1, 0.15) is 67.5 Å². The van der Waals surface area contributed by atoms with E-state index in [1.807, 2.05) is 11.8 Å². The number of piperidine rings is 1. The van der Waals surface area contributed by atoms with Crippen LogP contribution in [0.5, 0.6) is 0 Å². The highest BCUT2D eigenvalue weighted by Gasteiger charge is 2.20. The van der Waals surface area contributed by atoms with Crippen molar-refractivity contribution >= 4 is 11.9 Å². The number of allylic oxidation sites excluding steroid dienone is 1. The number of rotatable bonds is 5. The molecular weight excluding hydrogens is 300 g/mol. The molecule has 0 saturated carbocycles. The molecule has 3 rings (SSSR count). The third-order valence-electron chi connectivity index (χ3n) is 4.83. The van der Waals surface area contributed by atoms with Crippen molar-refractivity contribution in [2.45, 2.75) is 58.3 Å². The Morgan fingerprint density at radius 1 is 1.17 bits per heavy atom. The summed E-state index contributed by atoms with van der Waals surface area (Å²) in [5.41, 5.74) is 2.89. The number of anilines is 1. The molecule has 0 unspecified atom stereocenters. The second-order valence-corrected chi connectivity index (χ2v) is 6.86. The van der Waals surface area contributed by atoms with Crippen LogP contribution in [0.2, 0.25) is 0 Å². The van der Waals surface area contributed by atoms with Crippen LogP contribution in [0.4, 0.5) is 5.95 Å². The van der Waals surface area contributed by atoms with Crippen molar-refractivity contribution in [1.82, 2.24) is 14.9 Å². The van der Waals surface area contributed by atoms with Crippen molar-refractivity contribution in [3.05, 3.63) is 29.1 Å². The Balaban J connectivity index is 1.60. The van der Waals surface area contributed by atoms with Crippen LogP contribution in [-0.4, -0.2) is 40.4 Å². The summed E-state index contributed by atoms with van der Waals surface area (Å²) >= 11 is 0.